The Morgan fingerprint density at radius 3 is 2.29 bits per heavy atom. The highest BCUT2D eigenvalue weighted by molar-refractivity contribution is 9.10. The molecular weight excluding hydrogens is 294 g/mol. The molecule has 90 valence electrons. The first-order chi connectivity index (χ1) is 8.11. The number of nitrogens with one attached hydrogen (secondary N) is 1. The van der Waals surface area contributed by atoms with Gasteiger partial charge in [0, 0.05) is 14.2 Å². The third kappa shape index (κ3) is 2.79. The zero-order valence-electron chi connectivity index (χ0n) is 10.3. The van der Waals surface area contributed by atoms with Crippen molar-refractivity contribution in [2.75, 3.05) is 7.05 Å². The Hall–Kier alpha value is -0.640. The molecule has 1 aromatic carbocycles. The van der Waals surface area contributed by atoms with Gasteiger partial charge in [0.05, 0.1) is 6.04 Å². The second-order valence-electron chi connectivity index (χ2n) is 4.18. The van der Waals surface area contributed by atoms with Crippen LogP contribution in [0, 0.1) is 13.8 Å². The molecular formula is C14H16BrNS. The first-order valence-electron chi connectivity index (χ1n) is 5.61. The summed E-state index contributed by atoms with van der Waals surface area (Å²) in [6.45, 7) is 4.34. The number of hydrogen-bond acceptors (Lipinski definition) is 2. The molecule has 2 aromatic rings. The van der Waals surface area contributed by atoms with Crippen molar-refractivity contribution in [2.24, 2.45) is 0 Å². The van der Waals surface area contributed by atoms with Gasteiger partial charge in [-0.05, 0) is 50.2 Å². The average molecular weight is 310 g/mol. The smallest absolute Gasteiger partial charge is 0.0671 e. The molecule has 0 aliphatic heterocycles. The van der Waals surface area contributed by atoms with Gasteiger partial charge in [-0.3, -0.25) is 0 Å². The van der Waals surface area contributed by atoms with Gasteiger partial charge >= 0.3 is 0 Å². The quantitative estimate of drug-likeness (QED) is 0.884. The van der Waals surface area contributed by atoms with Crippen LogP contribution in [-0.4, -0.2) is 7.05 Å². The van der Waals surface area contributed by atoms with Gasteiger partial charge in [0.2, 0.25) is 0 Å². The molecule has 0 bridgehead atoms. The Morgan fingerprint density at radius 2 is 1.82 bits per heavy atom. The van der Waals surface area contributed by atoms with Gasteiger partial charge in [0.25, 0.3) is 0 Å². The van der Waals surface area contributed by atoms with Crippen LogP contribution in [0.5, 0.6) is 0 Å². The molecule has 17 heavy (non-hydrogen) atoms. The molecule has 1 N–H and O–H groups in total. The highest BCUT2D eigenvalue weighted by Gasteiger charge is 2.16. The van der Waals surface area contributed by atoms with Crippen LogP contribution in [0.25, 0.3) is 0 Å². The molecule has 0 saturated carbocycles. The molecule has 1 unspecified atom stereocenters. The molecule has 1 heterocycles. The van der Waals surface area contributed by atoms with Crippen molar-refractivity contribution in [3.63, 3.8) is 0 Å². The molecule has 1 aromatic heterocycles. The highest BCUT2D eigenvalue weighted by atomic mass is 79.9. The van der Waals surface area contributed by atoms with Crippen LogP contribution in [0.3, 0.4) is 0 Å². The SMILES string of the molecule is CNC(c1ccc(Br)cc1)c1sc(C)cc1C. The van der Waals surface area contributed by atoms with Crippen LogP contribution < -0.4 is 5.32 Å². The molecule has 0 aliphatic carbocycles. The minimum absolute atomic E-state index is 0.293. The summed E-state index contributed by atoms with van der Waals surface area (Å²) in [6.07, 6.45) is 0. The molecule has 1 nitrogen and oxygen atoms in total. The summed E-state index contributed by atoms with van der Waals surface area (Å²) in [5.41, 5.74) is 2.68. The van der Waals surface area contributed by atoms with Crippen molar-refractivity contribution in [2.45, 2.75) is 19.9 Å². The molecule has 0 spiro atoms. The fraction of sp³-hybridized carbons (Fsp3) is 0.286. The predicted molar refractivity (Wildman–Crippen MR) is 78.8 cm³/mol. The lowest BCUT2D eigenvalue weighted by atomic mass is 10.0. The molecule has 0 radical (unpaired) electrons. The van der Waals surface area contributed by atoms with E-state index in [9.17, 15) is 0 Å². The summed E-state index contributed by atoms with van der Waals surface area (Å²) in [5, 5.41) is 3.40. The van der Waals surface area contributed by atoms with Crippen LogP contribution in [0.2, 0.25) is 0 Å². The normalized spacial score (nSPS) is 12.7. The maximum Gasteiger partial charge on any atom is 0.0671 e. The number of aryl methyl sites for hydroxylation is 2. The van der Waals surface area contributed by atoms with E-state index in [2.05, 4.69) is 65.4 Å². The van der Waals surface area contributed by atoms with Crippen molar-refractivity contribution in [1.29, 1.82) is 0 Å². The van der Waals surface area contributed by atoms with Crippen LogP contribution in [0.4, 0.5) is 0 Å². The summed E-state index contributed by atoms with van der Waals surface area (Å²) in [4.78, 5) is 2.78. The Balaban J connectivity index is 2.39. The standard InChI is InChI=1S/C14H16BrNS/c1-9-8-10(2)17-14(9)13(16-3)11-4-6-12(15)7-5-11/h4-8,13,16H,1-3H3. The monoisotopic (exact) mass is 309 g/mol. The Labute approximate surface area is 115 Å². The van der Waals surface area contributed by atoms with Gasteiger partial charge in [-0.1, -0.05) is 28.1 Å². The maximum atomic E-state index is 3.47. The zero-order chi connectivity index (χ0) is 12.4. The van der Waals surface area contributed by atoms with Gasteiger partial charge < -0.3 is 5.32 Å². The van der Waals surface area contributed by atoms with Crippen molar-refractivity contribution in [3.8, 4) is 0 Å². The van der Waals surface area contributed by atoms with E-state index in [4.69, 9.17) is 0 Å². The minimum Gasteiger partial charge on any atom is -0.309 e. The summed E-state index contributed by atoms with van der Waals surface area (Å²) >= 11 is 5.35. The van der Waals surface area contributed by atoms with Gasteiger partial charge in [0.15, 0.2) is 0 Å². The van der Waals surface area contributed by atoms with E-state index in [-0.39, 0.29) is 0 Å². The maximum absolute atomic E-state index is 3.47. The average Bonchev–Trinajstić information content (AvgIpc) is 2.62. The molecule has 0 amide bonds. The first-order valence-corrected chi connectivity index (χ1v) is 7.22. The fourth-order valence-electron chi connectivity index (χ4n) is 2.05. The van der Waals surface area contributed by atoms with E-state index >= 15 is 0 Å². The molecule has 0 saturated heterocycles. The lowest BCUT2D eigenvalue weighted by molar-refractivity contribution is 0.700. The van der Waals surface area contributed by atoms with Crippen molar-refractivity contribution in [3.05, 3.63) is 55.7 Å². The topological polar surface area (TPSA) is 12.0 Å². The number of thiophene rings is 1. The van der Waals surface area contributed by atoms with Crippen LogP contribution in [0.15, 0.2) is 34.8 Å². The van der Waals surface area contributed by atoms with E-state index < -0.39 is 0 Å². The Morgan fingerprint density at radius 1 is 1.18 bits per heavy atom. The second kappa shape index (κ2) is 5.34. The van der Waals surface area contributed by atoms with E-state index in [1.54, 1.807) is 0 Å². The van der Waals surface area contributed by atoms with Crippen molar-refractivity contribution < 1.29 is 0 Å². The number of benzene rings is 1. The number of halogens is 1. The Kier molecular flexibility index (Phi) is 4.02. The van der Waals surface area contributed by atoms with Gasteiger partial charge in [-0.15, -0.1) is 11.3 Å². The van der Waals surface area contributed by atoms with E-state index in [0.717, 1.165) is 4.47 Å². The summed E-state index contributed by atoms with van der Waals surface area (Å²) < 4.78 is 1.12. The molecule has 0 fully saturated rings. The van der Waals surface area contributed by atoms with Gasteiger partial charge in [-0.2, -0.15) is 0 Å². The van der Waals surface area contributed by atoms with Gasteiger partial charge in [-0.25, -0.2) is 0 Å². The van der Waals surface area contributed by atoms with E-state index in [1.807, 2.05) is 18.4 Å². The molecule has 2 rings (SSSR count). The largest absolute Gasteiger partial charge is 0.309 e. The lowest BCUT2D eigenvalue weighted by Crippen LogP contribution is -2.17. The van der Waals surface area contributed by atoms with Gasteiger partial charge in [0.1, 0.15) is 0 Å². The summed E-state index contributed by atoms with van der Waals surface area (Å²) in [7, 11) is 2.02. The fourth-order valence-corrected chi connectivity index (χ4v) is 3.49. The molecule has 1 atom stereocenters. The third-order valence-electron chi connectivity index (χ3n) is 2.83. The Bertz CT molecular complexity index is 501. The molecule has 3 heteroatoms. The van der Waals surface area contributed by atoms with E-state index in [0.29, 0.717) is 6.04 Å². The third-order valence-corrected chi connectivity index (χ3v) is 4.58. The van der Waals surface area contributed by atoms with Crippen LogP contribution >= 0.6 is 27.3 Å². The number of hydrogen-bond donors (Lipinski definition) is 1. The zero-order valence-corrected chi connectivity index (χ0v) is 12.7. The highest BCUT2D eigenvalue weighted by Crippen LogP contribution is 2.32. The van der Waals surface area contributed by atoms with Crippen molar-refractivity contribution >= 4 is 27.3 Å². The lowest BCUT2D eigenvalue weighted by Gasteiger charge is -2.16. The number of rotatable bonds is 3. The minimum atomic E-state index is 0.293. The van der Waals surface area contributed by atoms with Crippen LogP contribution in [0.1, 0.15) is 26.9 Å². The summed E-state index contributed by atoms with van der Waals surface area (Å²) in [6, 6.07) is 11.1. The van der Waals surface area contributed by atoms with Crippen molar-refractivity contribution in [1.82, 2.24) is 5.32 Å². The molecule has 0 aliphatic rings. The second-order valence-corrected chi connectivity index (χ2v) is 6.38. The van der Waals surface area contributed by atoms with E-state index in [1.165, 1.54) is 20.9 Å². The summed E-state index contributed by atoms with van der Waals surface area (Å²) in [5.74, 6) is 0. The predicted octanol–water partition coefficient (Wildman–Crippen LogP) is 4.44. The first kappa shape index (κ1) is 12.8. The van der Waals surface area contributed by atoms with Crippen LogP contribution in [-0.2, 0) is 0 Å².